The second-order valence-corrected chi connectivity index (χ2v) is 12.9. The molecule has 4 rings (SSSR count). The predicted octanol–water partition coefficient (Wildman–Crippen LogP) is 3.21. The molecule has 3 aromatic rings. The summed E-state index contributed by atoms with van der Waals surface area (Å²) in [5.41, 5.74) is 2.13. The first-order valence-corrected chi connectivity index (χ1v) is 16.2. The van der Waals surface area contributed by atoms with Crippen molar-refractivity contribution >= 4 is 23.6 Å². The van der Waals surface area contributed by atoms with Crippen LogP contribution in [0.3, 0.4) is 0 Å². The van der Waals surface area contributed by atoms with E-state index in [1.165, 1.54) is 4.90 Å². The number of benzene rings is 2. The highest BCUT2D eigenvalue weighted by Gasteiger charge is 2.37. The van der Waals surface area contributed by atoms with Crippen molar-refractivity contribution in [1.82, 2.24) is 30.7 Å². The van der Waals surface area contributed by atoms with Crippen molar-refractivity contribution in [3.05, 3.63) is 108 Å². The lowest BCUT2D eigenvalue weighted by Gasteiger charge is -2.36. The van der Waals surface area contributed by atoms with Gasteiger partial charge in [-0.15, -0.1) is 0 Å². The van der Waals surface area contributed by atoms with Gasteiger partial charge in [0.25, 0.3) is 0 Å². The normalized spacial score (nSPS) is 15.9. The van der Waals surface area contributed by atoms with Crippen molar-refractivity contribution in [3.63, 3.8) is 0 Å². The first-order valence-electron chi connectivity index (χ1n) is 16.2. The lowest BCUT2D eigenvalue weighted by atomic mass is 9.86. The van der Waals surface area contributed by atoms with E-state index in [0.717, 1.165) is 16.8 Å². The molecule has 1 aliphatic heterocycles. The summed E-state index contributed by atoms with van der Waals surface area (Å²) in [7, 11) is 1.66. The highest BCUT2D eigenvalue weighted by Crippen LogP contribution is 2.22. The van der Waals surface area contributed by atoms with Gasteiger partial charge in [0.05, 0.1) is 12.6 Å². The van der Waals surface area contributed by atoms with Crippen molar-refractivity contribution in [1.29, 1.82) is 0 Å². The largest absolute Gasteiger partial charge is 0.489 e. The molecule has 11 heteroatoms. The van der Waals surface area contributed by atoms with Crippen LogP contribution in [0.5, 0.6) is 5.75 Å². The molecule has 11 nitrogen and oxygen atoms in total. The minimum Gasteiger partial charge on any atom is -0.489 e. The maximum absolute atomic E-state index is 13.9. The van der Waals surface area contributed by atoms with Crippen molar-refractivity contribution in [2.45, 2.75) is 65.3 Å². The number of ether oxygens (including phenoxy) is 1. The standard InChI is InChI=1S/C37H46N6O5/c1-26(38-5)34(45)41-33(37(2,3)4)35(46)40-24-32(44)43-22-21-42(20-18-29-13-9-10-19-39-29)36(47)31(43)23-27-14-16-30(17-15-27)48-25-28-11-7-6-8-12-28/h6-17,19,21-22,26,31,33,38H,18,20,23-25H2,1-5H3,(H,40,46)(H,41,45)/t26-,31-,33+/m0/s1. The quantitative estimate of drug-likeness (QED) is 0.243. The Balaban J connectivity index is 1.47. The summed E-state index contributed by atoms with van der Waals surface area (Å²) in [4.78, 5) is 60.7. The van der Waals surface area contributed by atoms with Crippen LogP contribution in [0, 0.1) is 5.41 Å². The molecule has 0 unspecified atom stereocenters. The van der Waals surface area contributed by atoms with Crippen molar-refractivity contribution < 1.29 is 23.9 Å². The molecule has 48 heavy (non-hydrogen) atoms. The van der Waals surface area contributed by atoms with Crippen LogP contribution in [0.15, 0.2) is 91.4 Å². The summed E-state index contributed by atoms with van der Waals surface area (Å²) < 4.78 is 5.92. The van der Waals surface area contributed by atoms with E-state index in [-0.39, 0.29) is 24.8 Å². The zero-order chi connectivity index (χ0) is 34.7. The van der Waals surface area contributed by atoms with E-state index in [1.807, 2.05) is 93.6 Å². The summed E-state index contributed by atoms with van der Waals surface area (Å²) in [6, 6.07) is 20.8. The van der Waals surface area contributed by atoms with E-state index in [2.05, 4.69) is 20.9 Å². The number of amides is 4. The zero-order valence-electron chi connectivity index (χ0n) is 28.3. The molecular formula is C37H46N6O5. The maximum atomic E-state index is 13.9. The van der Waals surface area contributed by atoms with Crippen LogP contribution in [0.1, 0.15) is 44.5 Å². The van der Waals surface area contributed by atoms with Crippen LogP contribution in [-0.2, 0) is 38.6 Å². The Morgan fingerprint density at radius 2 is 1.62 bits per heavy atom. The van der Waals surface area contributed by atoms with E-state index in [4.69, 9.17) is 4.74 Å². The van der Waals surface area contributed by atoms with Gasteiger partial charge in [0.15, 0.2) is 0 Å². The van der Waals surface area contributed by atoms with Gasteiger partial charge in [-0.05, 0) is 54.8 Å². The van der Waals surface area contributed by atoms with E-state index in [9.17, 15) is 19.2 Å². The van der Waals surface area contributed by atoms with Crippen LogP contribution in [0.4, 0.5) is 0 Å². The molecule has 0 radical (unpaired) electrons. The fraction of sp³-hybridized carbons (Fsp3) is 0.378. The number of nitrogens with zero attached hydrogens (tertiary/aromatic N) is 3. The fourth-order valence-electron chi connectivity index (χ4n) is 5.16. The molecule has 0 saturated carbocycles. The van der Waals surface area contributed by atoms with Gasteiger partial charge in [-0.2, -0.15) is 0 Å². The second-order valence-electron chi connectivity index (χ2n) is 12.9. The average molecular weight is 655 g/mol. The van der Waals surface area contributed by atoms with Crippen molar-refractivity contribution in [2.24, 2.45) is 5.41 Å². The van der Waals surface area contributed by atoms with Crippen molar-refractivity contribution in [2.75, 3.05) is 20.1 Å². The molecule has 0 aliphatic carbocycles. The molecule has 1 aliphatic rings. The highest BCUT2D eigenvalue weighted by atomic mass is 16.5. The monoisotopic (exact) mass is 654 g/mol. The SMILES string of the molecule is CN[C@@H](C)C(=O)N[C@H](C(=O)NCC(=O)N1C=CN(CCc2ccccn2)C(=O)[C@@H]1Cc1ccc(OCc2ccccc2)cc1)C(C)(C)C. The van der Waals surface area contributed by atoms with Crippen LogP contribution in [0.2, 0.25) is 0 Å². The van der Waals surface area contributed by atoms with Gasteiger partial charge in [-0.25, -0.2) is 0 Å². The third-order valence-electron chi connectivity index (χ3n) is 8.19. The van der Waals surface area contributed by atoms with Crippen LogP contribution >= 0.6 is 0 Å². The lowest BCUT2D eigenvalue weighted by molar-refractivity contribution is -0.143. The number of pyridine rings is 1. The van der Waals surface area contributed by atoms with Gasteiger partial charge in [0.2, 0.25) is 23.6 Å². The van der Waals surface area contributed by atoms with Crippen LogP contribution in [0.25, 0.3) is 0 Å². The first kappa shape index (κ1) is 35.8. The van der Waals surface area contributed by atoms with E-state index in [1.54, 1.807) is 37.5 Å². The Bertz CT molecular complexity index is 1560. The number of carbonyl (C=O) groups is 4. The third kappa shape index (κ3) is 9.98. The Morgan fingerprint density at radius 3 is 2.27 bits per heavy atom. The number of nitrogens with one attached hydrogen (secondary N) is 3. The van der Waals surface area contributed by atoms with Gasteiger partial charge >= 0.3 is 0 Å². The summed E-state index contributed by atoms with van der Waals surface area (Å²) in [6.45, 7) is 7.68. The van der Waals surface area contributed by atoms with E-state index in [0.29, 0.717) is 25.3 Å². The van der Waals surface area contributed by atoms with Gasteiger partial charge in [0.1, 0.15) is 24.4 Å². The topological polar surface area (TPSA) is 133 Å². The minimum absolute atomic E-state index is 0.238. The molecule has 0 bridgehead atoms. The molecule has 0 saturated heterocycles. The molecule has 2 heterocycles. The molecular weight excluding hydrogens is 608 g/mol. The Labute approximate surface area is 282 Å². The molecule has 0 fully saturated rings. The molecule has 254 valence electrons. The predicted molar refractivity (Wildman–Crippen MR) is 183 cm³/mol. The fourth-order valence-corrected chi connectivity index (χ4v) is 5.16. The molecule has 1 aromatic heterocycles. The Hall–Kier alpha value is -5.03. The summed E-state index contributed by atoms with van der Waals surface area (Å²) in [5, 5.41) is 8.34. The number of likely N-dealkylation sites (N-methyl/N-ethyl adjacent to an activating group) is 1. The number of hydrogen-bond acceptors (Lipinski definition) is 7. The first-order chi connectivity index (χ1) is 23.0. The molecule has 0 spiro atoms. The zero-order valence-corrected chi connectivity index (χ0v) is 28.3. The molecule has 3 N–H and O–H groups in total. The number of rotatable bonds is 14. The van der Waals surface area contributed by atoms with Gasteiger partial charge in [-0.1, -0.05) is 69.3 Å². The summed E-state index contributed by atoms with van der Waals surface area (Å²) in [6.07, 6.45) is 5.70. The lowest BCUT2D eigenvalue weighted by Crippen LogP contribution is -2.58. The smallest absolute Gasteiger partial charge is 0.250 e. The molecule has 2 aromatic carbocycles. The minimum atomic E-state index is -0.882. The van der Waals surface area contributed by atoms with Crippen molar-refractivity contribution in [3.8, 4) is 5.75 Å². The number of aromatic nitrogens is 1. The number of hydrogen-bond donors (Lipinski definition) is 3. The van der Waals surface area contributed by atoms with E-state index < -0.39 is 35.4 Å². The Morgan fingerprint density at radius 1 is 0.917 bits per heavy atom. The molecule has 4 amide bonds. The average Bonchev–Trinajstić information content (AvgIpc) is 3.09. The van der Waals surface area contributed by atoms with Gasteiger partial charge < -0.3 is 30.5 Å². The number of carbonyl (C=O) groups excluding carboxylic acids is 4. The van der Waals surface area contributed by atoms with Gasteiger partial charge in [-0.3, -0.25) is 24.2 Å². The third-order valence-corrected chi connectivity index (χ3v) is 8.19. The maximum Gasteiger partial charge on any atom is 0.250 e. The Kier molecular flexibility index (Phi) is 12.5. The van der Waals surface area contributed by atoms with Crippen LogP contribution in [-0.4, -0.2) is 76.7 Å². The second kappa shape index (κ2) is 16.7. The summed E-state index contributed by atoms with van der Waals surface area (Å²) in [5.74, 6) is -0.814. The molecule has 3 atom stereocenters. The van der Waals surface area contributed by atoms with Gasteiger partial charge in [0, 0.05) is 43.7 Å². The summed E-state index contributed by atoms with van der Waals surface area (Å²) >= 11 is 0. The highest BCUT2D eigenvalue weighted by molar-refractivity contribution is 5.94. The van der Waals surface area contributed by atoms with E-state index >= 15 is 0 Å². The van der Waals surface area contributed by atoms with Crippen LogP contribution < -0.4 is 20.7 Å².